The monoisotopic (exact) mass is 411 g/mol. The molecule has 0 aliphatic carbocycles. The minimum absolute atomic E-state index is 0.0863. The molecule has 0 spiro atoms. The van der Waals surface area contributed by atoms with E-state index < -0.39 is 0 Å². The zero-order valence-electron chi connectivity index (χ0n) is 17.8. The lowest BCUT2D eigenvalue weighted by atomic mass is 10.1. The Bertz CT molecular complexity index is 855. The topological polar surface area (TPSA) is 91.7 Å². The summed E-state index contributed by atoms with van der Waals surface area (Å²) in [6, 6.07) is 16.4. The quantitative estimate of drug-likeness (QED) is 0.473. The molecule has 0 saturated heterocycles. The summed E-state index contributed by atoms with van der Waals surface area (Å²) in [6.45, 7) is 7.27. The van der Waals surface area contributed by atoms with Crippen LogP contribution in [0.2, 0.25) is 0 Å². The highest BCUT2D eigenvalue weighted by molar-refractivity contribution is 6.04. The van der Waals surface area contributed by atoms with Crippen LogP contribution in [0.1, 0.15) is 42.7 Å². The Kier molecular flexibility index (Phi) is 9.03. The van der Waals surface area contributed by atoms with Crippen molar-refractivity contribution in [1.82, 2.24) is 10.6 Å². The van der Waals surface area contributed by atoms with Gasteiger partial charge < -0.3 is 20.9 Å². The van der Waals surface area contributed by atoms with E-state index in [1.807, 2.05) is 51.1 Å². The summed E-state index contributed by atoms with van der Waals surface area (Å²) in [4.78, 5) is 38.0. The summed E-state index contributed by atoms with van der Waals surface area (Å²) in [6.07, 6.45) is 0. The van der Waals surface area contributed by atoms with Crippen LogP contribution in [0.15, 0.2) is 54.6 Å². The van der Waals surface area contributed by atoms with E-state index in [9.17, 15) is 14.4 Å². The van der Waals surface area contributed by atoms with Crippen molar-refractivity contribution in [1.29, 1.82) is 0 Å². The number of quaternary nitrogens is 1. The predicted molar refractivity (Wildman–Crippen MR) is 117 cm³/mol. The summed E-state index contributed by atoms with van der Waals surface area (Å²) in [5.41, 5.74) is 1.85. The van der Waals surface area contributed by atoms with Crippen molar-refractivity contribution in [2.24, 2.45) is 0 Å². The highest BCUT2D eigenvalue weighted by atomic mass is 16.2. The van der Waals surface area contributed by atoms with Gasteiger partial charge in [-0.2, -0.15) is 0 Å². The van der Waals surface area contributed by atoms with Crippen LogP contribution >= 0.6 is 0 Å². The molecular weight excluding hydrogens is 380 g/mol. The summed E-state index contributed by atoms with van der Waals surface area (Å²) in [5.74, 6) is -0.589. The fourth-order valence-electron chi connectivity index (χ4n) is 3.11. The third-order valence-electron chi connectivity index (χ3n) is 4.79. The predicted octanol–water partition coefficient (Wildman–Crippen LogP) is 1.16. The van der Waals surface area contributed by atoms with Gasteiger partial charge in [-0.1, -0.05) is 42.5 Å². The number of amides is 3. The van der Waals surface area contributed by atoms with Gasteiger partial charge in [0.05, 0.1) is 23.8 Å². The smallest absolute Gasteiger partial charge is 0.279 e. The van der Waals surface area contributed by atoms with Crippen molar-refractivity contribution < 1.29 is 19.3 Å². The molecular formula is C23H31N4O3+. The normalized spacial score (nSPS) is 12.5. The third-order valence-corrected chi connectivity index (χ3v) is 4.79. The van der Waals surface area contributed by atoms with E-state index in [1.54, 1.807) is 24.3 Å². The molecule has 4 N–H and O–H groups in total. The van der Waals surface area contributed by atoms with Crippen LogP contribution in [0, 0.1) is 0 Å². The van der Waals surface area contributed by atoms with Crippen LogP contribution in [0.4, 0.5) is 5.69 Å². The maximum atomic E-state index is 12.8. The van der Waals surface area contributed by atoms with Crippen LogP contribution in [-0.4, -0.2) is 43.9 Å². The number of hydrogen-bond acceptors (Lipinski definition) is 3. The van der Waals surface area contributed by atoms with E-state index in [0.717, 1.165) is 10.5 Å². The molecule has 7 heteroatoms. The Hall–Kier alpha value is -3.19. The largest absolute Gasteiger partial charge is 0.351 e. The first kappa shape index (κ1) is 23.1. The molecule has 0 aliphatic rings. The Balaban J connectivity index is 2.02. The molecule has 1 unspecified atom stereocenters. The van der Waals surface area contributed by atoms with E-state index in [4.69, 9.17) is 0 Å². The average Bonchev–Trinajstić information content (AvgIpc) is 2.74. The Morgan fingerprint density at radius 2 is 1.53 bits per heavy atom. The van der Waals surface area contributed by atoms with Crippen molar-refractivity contribution in [2.75, 3.05) is 31.5 Å². The van der Waals surface area contributed by atoms with Gasteiger partial charge in [0.15, 0.2) is 13.1 Å². The van der Waals surface area contributed by atoms with E-state index >= 15 is 0 Å². The molecule has 0 radical (unpaired) electrons. The third kappa shape index (κ3) is 7.00. The molecule has 0 saturated carbocycles. The molecule has 160 valence electrons. The molecule has 0 fully saturated rings. The second kappa shape index (κ2) is 11.7. The minimum Gasteiger partial charge on any atom is -0.351 e. The SMILES string of the molecule is CCNC(=O)C[NH+](CC)CC(=O)Nc1ccccc1C(=O)N[C@@H](C)c1ccccc1. The van der Waals surface area contributed by atoms with E-state index in [0.29, 0.717) is 24.3 Å². The highest BCUT2D eigenvalue weighted by Crippen LogP contribution is 2.17. The number of carbonyl (C=O) groups is 3. The van der Waals surface area contributed by atoms with Gasteiger partial charge in [-0.3, -0.25) is 14.4 Å². The summed E-state index contributed by atoms with van der Waals surface area (Å²) >= 11 is 0. The lowest BCUT2D eigenvalue weighted by Gasteiger charge is -2.18. The van der Waals surface area contributed by atoms with Gasteiger partial charge in [-0.25, -0.2) is 0 Å². The molecule has 2 aromatic rings. The lowest BCUT2D eigenvalue weighted by molar-refractivity contribution is -0.881. The number of carbonyl (C=O) groups excluding carboxylic acids is 3. The Labute approximate surface area is 177 Å². The molecule has 2 atom stereocenters. The second-order valence-electron chi connectivity index (χ2n) is 7.11. The number of benzene rings is 2. The summed E-state index contributed by atoms with van der Waals surface area (Å²) in [5, 5.41) is 8.54. The number of nitrogens with one attached hydrogen (secondary N) is 4. The number of likely N-dealkylation sites (N-methyl/N-ethyl adjacent to an activating group) is 2. The van der Waals surface area contributed by atoms with Crippen LogP contribution in [0.25, 0.3) is 0 Å². The number of anilines is 1. The van der Waals surface area contributed by atoms with Crippen LogP contribution < -0.4 is 20.9 Å². The Morgan fingerprint density at radius 3 is 2.20 bits per heavy atom. The van der Waals surface area contributed by atoms with Gasteiger partial charge in [0, 0.05) is 6.54 Å². The zero-order chi connectivity index (χ0) is 21.9. The first-order chi connectivity index (χ1) is 14.4. The second-order valence-corrected chi connectivity index (χ2v) is 7.11. The highest BCUT2D eigenvalue weighted by Gasteiger charge is 2.19. The maximum Gasteiger partial charge on any atom is 0.279 e. The molecule has 3 amide bonds. The number of rotatable bonds is 10. The van der Waals surface area contributed by atoms with Crippen molar-refractivity contribution in [2.45, 2.75) is 26.8 Å². The van der Waals surface area contributed by atoms with Gasteiger partial charge in [0.1, 0.15) is 0 Å². The lowest BCUT2D eigenvalue weighted by Crippen LogP contribution is -3.14. The molecule has 2 rings (SSSR count). The first-order valence-corrected chi connectivity index (χ1v) is 10.3. The van der Waals surface area contributed by atoms with E-state index in [2.05, 4.69) is 16.0 Å². The van der Waals surface area contributed by atoms with Crippen molar-refractivity contribution in [3.63, 3.8) is 0 Å². The average molecular weight is 412 g/mol. The molecule has 0 bridgehead atoms. The molecule has 2 aromatic carbocycles. The van der Waals surface area contributed by atoms with Crippen LogP contribution in [-0.2, 0) is 9.59 Å². The Morgan fingerprint density at radius 1 is 0.900 bits per heavy atom. The fraction of sp³-hybridized carbons (Fsp3) is 0.348. The van der Waals surface area contributed by atoms with Crippen LogP contribution in [0.5, 0.6) is 0 Å². The van der Waals surface area contributed by atoms with E-state index in [-0.39, 0.29) is 36.9 Å². The molecule has 0 aromatic heterocycles. The zero-order valence-corrected chi connectivity index (χ0v) is 17.8. The molecule has 30 heavy (non-hydrogen) atoms. The summed E-state index contributed by atoms with van der Waals surface area (Å²) < 4.78 is 0. The van der Waals surface area contributed by atoms with E-state index in [1.165, 1.54) is 0 Å². The number of para-hydroxylation sites is 1. The number of hydrogen-bond donors (Lipinski definition) is 4. The molecule has 0 aliphatic heterocycles. The van der Waals surface area contributed by atoms with Gasteiger partial charge in [0.2, 0.25) is 0 Å². The van der Waals surface area contributed by atoms with Crippen molar-refractivity contribution in [3.8, 4) is 0 Å². The minimum atomic E-state index is -0.260. The van der Waals surface area contributed by atoms with Crippen LogP contribution in [0.3, 0.4) is 0 Å². The van der Waals surface area contributed by atoms with Gasteiger partial charge in [-0.05, 0) is 38.5 Å². The van der Waals surface area contributed by atoms with Gasteiger partial charge in [0.25, 0.3) is 17.7 Å². The van der Waals surface area contributed by atoms with Gasteiger partial charge in [-0.15, -0.1) is 0 Å². The molecule has 7 nitrogen and oxygen atoms in total. The summed E-state index contributed by atoms with van der Waals surface area (Å²) in [7, 11) is 0. The fourth-order valence-corrected chi connectivity index (χ4v) is 3.11. The van der Waals surface area contributed by atoms with Gasteiger partial charge >= 0.3 is 0 Å². The molecule has 0 heterocycles. The first-order valence-electron chi connectivity index (χ1n) is 10.3. The maximum absolute atomic E-state index is 12.8. The van der Waals surface area contributed by atoms with Crippen molar-refractivity contribution >= 4 is 23.4 Å². The van der Waals surface area contributed by atoms with Crippen molar-refractivity contribution in [3.05, 3.63) is 65.7 Å². The standard InChI is InChI=1S/C23H30N4O3/c1-4-24-21(28)15-27(5-2)16-22(29)26-20-14-10-9-13-19(20)23(30)25-17(3)18-11-7-6-8-12-18/h6-14,17H,4-5,15-16H2,1-3H3,(H,24,28)(H,25,30)(H,26,29)/p+1/t17-/m0/s1.